The minimum atomic E-state index is 0.387. The van der Waals surface area contributed by atoms with Crippen LogP contribution in [0.2, 0.25) is 0 Å². The van der Waals surface area contributed by atoms with Crippen molar-refractivity contribution in [3.8, 4) is 0 Å². The first-order valence-corrected chi connectivity index (χ1v) is 9.09. The number of fused-ring (bicyclic) bond motifs is 3. The number of carbonyl (C=O) groups excluding carboxylic acids is 1. The van der Waals surface area contributed by atoms with Crippen molar-refractivity contribution in [1.29, 1.82) is 0 Å². The highest BCUT2D eigenvalue weighted by molar-refractivity contribution is 5.75. The molecule has 0 N–H and O–H groups in total. The molecule has 0 aromatic heterocycles. The zero-order valence-electron chi connectivity index (χ0n) is 14.0. The Balaban J connectivity index is 1.76. The molecule has 0 aromatic rings. The molecule has 3 fully saturated rings. The third-order valence-electron chi connectivity index (χ3n) is 8.16. The summed E-state index contributed by atoms with van der Waals surface area (Å²) in [6, 6.07) is 0. The summed E-state index contributed by atoms with van der Waals surface area (Å²) in [5.41, 5.74) is 2.56. The maximum atomic E-state index is 11.4. The van der Waals surface area contributed by atoms with Crippen molar-refractivity contribution >= 4 is 6.29 Å². The van der Waals surface area contributed by atoms with E-state index in [9.17, 15) is 4.79 Å². The van der Waals surface area contributed by atoms with Crippen LogP contribution in [0, 0.1) is 34.0 Å². The number of hydrogen-bond donors (Lipinski definition) is 0. The van der Waals surface area contributed by atoms with Gasteiger partial charge in [0.05, 0.1) is 0 Å². The molecule has 4 aliphatic rings. The van der Waals surface area contributed by atoms with E-state index in [2.05, 4.69) is 26.8 Å². The lowest BCUT2D eigenvalue weighted by molar-refractivity contribution is -0.133. The van der Waals surface area contributed by atoms with Gasteiger partial charge in [-0.2, -0.15) is 0 Å². The van der Waals surface area contributed by atoms with Gasteiger partial charge in [0.1, 0.15) is 6.29 Å². The molecule has 4 aliphatic carbocycles. The normalized spacial score (nSPS) is 50.8. The van der Waals surface area contributed by atoms with Crippen LogP contribution >= 0.6 is 0 Å². The Bertz CT molecular complexity index is 502. The van der Waals surface area contributed by atoms with Crippen molar-refractivity contribution < 1.29 is 4.79 Å². The molecular formula is C20H30O. The highest BCUT2D eigenvalue weighted by Gasteiger charge is 2.61. The topological polar surface area (TPSA) is 17.1 Å². The average Bonchev–Trinajstić information content (AvgIpc) is 2.68. The van der Waals surface area contributed by atoms with Gasteiger partial charge in [-0.3, -0.25) is 4.79 Å². The van der Waals surface area contributed by atoms with Gasteiger partial charge in [-0.1, -0.05) is 33.3 Å². The van der Waals surface area contributed by atoms with Gasteiger partial charge in [0.2, 0.25) is 0 Å². The minimum Gasteiger partial charge on any atom is -0.298 e. The first-order chi connectivity index (χ1) is 9.91. The third-order valence-corrected chi connectivity index (χ3v) is 8.16. The summed E-state index contributed by atoms with van der Waals surface area (Å²) in [5.74, 6) is 2.31. The van der Waals surface area contributed by atoms with E-state index in [0.29, 0.717) is 22.2 Å². The highest BCUT2D eigenvalue weighted by atomic mass is 16.1. The fourth-order valence-corrected chi connectivity index (χ4v) is 7.43. The molecule has 0 amide bonds. The van der Waals surface area contributed by atoms with Crippen molar-refractivity contribution in [3.63, 3.8) is 0 Å². The van der Waals surface area contributed by atoms with Crippen molar-refractivity contribution in [2.45, 2.75) is 72.1 Å². The molecule has 1 heteroatoms. The lowest BCUT2D eigenvalue weighted by Crippen LogP contribution is -2.55. The molecule has 3 saturated carbocycles. The van der Waals surface area contributed by atoms with Gasteiger partial charge in [-0.25, -0.2) is 0 Å². The molecule has 116 valence electrons. The molecule has 1 spiro atoms. The fraction of sp³-hybridized carbons (Fsp3) is 0.850. The lowest BCUT2D eigenvalue weighted by atomic mass is 9.41. The van der Waals surface area contributed by atoms with Crippen molar-refractivity contribution in [2.75, 3.05) is 0 Å². The molecule has 0 aromatic carbocycles. The Hall–Kier alpha value is -0.590. The van der Waals surface area contributed by atoms with Crippen molar-refractivity contribution in [2.24, 2.45) is 34.0 Å². The van der Waals surface area contributed by atoms with Gasteiger partial charge in [0.15, 0.2) is 0 Å². The Kier molecular flexibility index (Phi) is 2.83. The van der Waals surface area contributed by atoms with E-state index < -0.39 is 0 Å². The van der Waals surface area contributed by atoms with Gasteiger partial charge in [0.25, 0.3) is 0 Å². The second-order valence-electron chi connectivity index (χ2n) is 9.47. The summed E-state index contributed by atoms with van der Waals surface area (Å²) in [7, 11) is 0. The Labute approximate surface area is 129 Å². The molecule has 21 heavy (non-hydrogen) atoms. The number of rotatable bonds is 1. The van der Waals surface area contributed by atoms with E-state index in [4.69, 9.17) is 0 Å². The van der Waals surface area contributed by atoms with Crippen LogP contribution in [0.15, 0.2) is 11.6 Å². The quantitative estimate of drug-likeness (QED) is 0.609. The predicted octanol–water partition coefficient (Wildman–Crippen LogP) is 5.15. The molecule has 0 heterocycles. The molecule has 0 aliphatic heterocycles. The van der Waals surface area contributed by atoms with Crippen LogP contribution in [0.1, 0.15) is 72.1 Å². The van der Waals surface area contributed by atoms with Gasteiger partial charge < -0.3 is 0 Å². The van der Waals surface area contributed by atoms with Gasteiger partial charge >= 0.3 is 0 Å². The maximum absolute atomic E-state index is 11.4. The van der Waals surface area contributed by atoms with Crippen LogP contribution in [0.5, 0.6) is 0 Å². The lowest BCUT2D eigenvalue weighted by Gasteiger charge is -2.63. The van der Waals surface area contributed by atoms with E-state index in [1.165, 1.54) is 57.7 Å². The maximum Gasteiger partial charge on any atom is 0.146 e. The molecule has 2 bridgehead atoms. The van der Waals surface area contributed by atoms with E-state index in [-0.39, 0.29) is 0 Å². The second-order valence-corrected chi connectivity index (χ2v) is 9.47. The molecule has 0 radical (unpaired) electrons. The molecule has 4 rings (SSSR count). The number of allylic oxidation sites excluding steroid dienone is 2. The molecule has 0 unspecified atom stereocenters. The van der Waals surface area contributed by atoms with Gasteiger partial charge in [0, 0.05) is 0 Å². The Morgan fingerprint density at radius 1 is 1.05 bits per heavy atom. The largest absolute Gasteiger partial charge is 0.298 e. The van der Waals surface area contributed by atoms with E-state index in [1.54, 1.807) is 0 Å². The summed E-state index contributed by atoms with van der Waals surface area (Å²) in [6.07, 6.45) is 14.5. The average molecular weight is 286 g/mol. The van der Waals surface area contributed by atoms with Crippen LogP contribution < -0.4 is 0 Å². The van der Waals surface area contributed by atoms with Crippen LogP contribution in [0.4, 0.5) is 0 Å². The number of hydrogen-bond acceptors (Lipinski definition) is 1. The summed E-state index contributed by atoms with van der Waals surface area (Å²) in [6.45, 7) is 7.64. The van der Waals surface area contributed by atoms with Crippen LogP contribution in [0.25, 0.3) is 0 Å². The van der Waals surface area contributed by atoms with Crippen molar-refractivity contribution in [3.05, 3.63) is 11.6 Å². The monoisotopic (exact) mass is 286 g/mol. The first kappa shape index (κ1) is 14.0. The van der Waals surface area contributed by atoms with Crippen LogP contribution in [0.3, 0.4) is 0 Å². The molecule has 5 atom stereocenters. The first-order valence-electron chi connectivity index (χ1n) is 9.09. The fourth-order valence-electron chi connectivity index (χ4n) is 7.43. The van der Waals surface area contributed by atoms with Gasteiger partial charge in [-0.15, -0.1) is 0 Å². The standard InChI is InChI=1S/C20H30O/c1-18(2)8-4-9-19(3)16(18)7-10-20-11-14(5-6-17(19)20)15(12-20)13-21/h12-14,16-17H,4-11H2,1-3H3/t14-,16-,17+,19-,20+/m1/s1. The highest BCUT2D eigenvalue weighted by Crippen LogP contribution is 2.70. The van der Waals surface area contributed by atoms with E-state index >= 15 is 0 Å². The number of aldehydes is 1. The predicted molar refractivity (Wildman–Crippen MR) is 85.9 cm³/mol. The Morgan fingerprint density at radius 3 is 2.62 bits per heavy atom. The summed E-state index contributed by atoms with van der Waals surface area (Å²) >= 11 is 0. The van der Waals surface area contributed by atoms with Crippen molar-refractivity contribution in [1.82, 2.24) is 0 Å². The SMILES string of the molecule is CC1(C)CCC[C@]2(C)[C@@H]1CC[C@]13C=C(C=O)[C@H](CC[C@H]12)C3. The smallest absolute Gasteiger partial charge is 0.146 e. The van der Waals surface area contributed by atoms with Crippen LogP contribution in [-0.2, 0) is 4.79 Å². The molecular weight excluding hydrogens is 256 g/mol. The zero-order chi connectivity index (χ0) is 14.9. The van der Waals surface area contributed by atoms with E-state index in [0.717, 1.165) is 17.4 Å². The zero-order valence-corrected chi connectivity index (χ0v) is 14.0. The third kappa shape index (κ3) is 1.72. The minimum absolute atomic E-state index is 0.387. The second kappa shape index (κ2) is 4.24. The molecule has 0 saturated heterocycles. The Morgan fingerprint density at radius 2 is 1.86 bits per heavy atom. The van der Waals surface area contributed by atoms with Gasteiger partial charge in [-0.05, 0) is 84.5 Å². The van der Waals surface area contributed by atoms with Crippen LogP contribution in [-0.4, -0.2) is 6.29 Å². The molecule has 1 nitrogen and oxygen atoms in total. The summed E-state index contributed by atoms with van der Waals surface area (Å²) in [4.78, 5) is 11.4. The van der Waals surface area contributed by atoms with E-state index in [1.807, 2.05) is 0 Å². The number of carbonyl (C=O) groups is 1. The summed E-state index contributed by atoms with van der Waals surface area (Å²) < 4.78 is 0. The summed E-state index contributed by atoms with van der Waals surface area (Å²) in [5, 5.41) is 0.